The third-order valence-corrected chi connectivity index (χ3v) is 5.80. The lowest BCUT2D eigenvalue weighted by molar-refractivity contribution is -0.0640. The molecule has 0 bridgehead atoms. The molecule has 7 heteroatoms. The lowest BCUT2D eigenvalue weighted by Crippen LogP contribution is -2.50. The van der Waals surface area contributed by atoms with Crippen LogP contribution in [0.5, 0.6) is 0 Å². The zero-order valence-corrected chi connectivity index (χ0v) is 14.0. The van der Waals surface area contributed by atoms with Crippen molar-refractivity contribution < 1.29 is 18.3 Å². The van der Waals surface area contributed by atoms with Crippen LogP contribution in [0.2, 0.25) is 5.02 Å². The summed E-state index contributed by atoms with van der Waals surface area (Å²) in [6.07, 6.45) is 0. The number of benzene rings is 1. The first-order valence-electron chi connectivity index (χ1n) is 6.71. The number of aliphatic hydroxyl groups excluding tert-OH is 1. The van der Waals surface area contributed by atoms with Crippen molar-refractivity contribution in [3.05, 3.63) is 28.3 Å². The van der Waals surface area contributed by atoms with Gasteiger partial charge in [0.05, 0.1) is 23.7 Å². The molecule has 0 unspecified atom stereocenters. The highest BCUT2D eigenvalue weighted by Gasteiger charge is 2.35. The molecule has 118 valence electrons. The summed E-state index contributed by atoms with van der Waals surface area (Å²) in [6, 6.07) is 3.02. The van der Waals surface area contributed by atoms with Crippen molar-refractivity contribution in [3.8, 4) is 0 Å². The molecule has 1 fully saturated rings. The smallest absolute Gasteiger partial charge is 0.243 e. The molecule has 1 aromatic carbocycles. The van der Waals surface area contributed by atoms with E-state index in [9.17, 15) is 13.5 Å². The first kappa shape index (κ1) is 16.7. The number of ether oxygens (including phenoxy) is 1. The maximum Gasteiger partial charge on any atom is 0.243 e. The minimum atomic E-state index is -3.66. The van der Waals surface area contributed by atoms with E-state index in [1.807, 2.05) is 13.8 Å². The Kier molecular flexibility index (Phi) is 4.66. The quantitative estimate of drug-likeness (QED) is 0.918. The Morgan fingerprint density at radius 3 is 2.67 bits per heavy atom. The molecule has 1 N–H and O–H groups in total. The molecule has 0 atom stereocenters. The Balaban J connectivity index is 2.47. The molecule has 0 aliphatic carbocycles. The number of morpholine rings is 1. The summed E-state index contributed by atoms with van der Waals surface area (Å²) in [6.45, 7) is 6.11. The van der Waals surface area contributed by atoms with E-state index in [1.54, 1.807) is 13.0 Å². The highest BCUT2D eigenvalue weighted by atomic mass is 35.5. The van der Waals surface area contributed by atoms with Crippen molar-refractivity contribution in [3.63, 3.8) is 0 Å². The Bertz CT molecular complexity index is 643. The zero-order valence-electron chi connectivity index (χ0n) is 12.4. The highest BCUT2D eigenvalue weighted by molar-refractivity contribution is 7.89. The number of aliphatic hydroxyl groups is 1. The van der Waals surface area contributed by atoms with Gasteiger partial charge >= 0.3 is 0 Å². The van der Waals surface area contributed by atoms with Crippen LogP contribution in [0.4, 0.5) is 0 Å². The average molecular weight is 334 g/mol. The molecule has 1 aromatic rings. The van der Waals surface area contributed by atoms with Gasteiger partial charge < -0.3 is 9.84 Å². The molecule has 0 aromatic heterocycles. The van der Waals surface area contributed by atoms with Crippen LogP contribution < -0.4 is 0 Å². The topological polar surface area (TPSA) is 66.8 Å². The van der Waals surface area contributed by atoms with Gasteiger partial charge in [0.2, 0.25) is 10.0 Å². The first-order valence-corrected chi connectivity index (χ1v) is 8.53. The minimum absolute atomic E-state index is 0.150. The van der Waals surface area contributed by atoms with Crippen molar-refractivity contribution >= 4 is 21.6 Å². The van der Waals surface area contributed by atoms with Crippen LogP contribution in [0.3, 0.4) is 0 Å². The Morgan fingerprint density at radius 1 is 1.43 bits per heavy atom. The SMILES string of the molecule is Cc1c(CO)cc(Cl)cc1S(=O)(=O)N1CCOC(C)(C)C1. The number of nitrogens with zero attached hydrogens (tertiary/aromatic N) is 1. The predicted molar refractivity (Wildman–Crippen MR) is 80.9 cm³/mol. The molecule has 5 nitrogen and oxygen atoms in total. The van der Waals surface area contributed by atoms with Gasteiger partial charge in [-0.05, 0) is 44.0 Å². The van der Waals surface area contributed by atoms with E-state index in [-0.39, 0.29) is 18.0 Å². The summed E-state index contributed by atoms with van der Waals surface area (Å²) in [5.41, 5.74) is 0.539. The second-order valence-corrected chi connectivity index (χ2v) is 8.14. The normalized spacial score (nSPS) is 19.7. The van der Waals surface area contributed by atoms with Gasteiger partial charge in [-0.15, -0.1) is 0 Å². The van der Waals surface area contributed by atoms with Crippen LogP contribution in [0.1, 0.15) is 25.0 Å². The highest BCUT2D eigenvalue weighted by Crippen LogP contribution is 2.29. The van der Waals surface area contributed by atoms with E-state index < -0.39 is 15.6 Å². The van der Waals surface area contributed by atoms with Gasteiger partial charge in [-0.25, -0.2) is 8.42 Å². The molecule has 0 spiro atoms. The Labute approximate surface area is 130 Å². The largest absolute Gasteiger partial charge is 0.392 e. The standard InChI is InChI=1S/C14H20ClNO4S/c1-10-11(8-17)6-12(15)7-13(10)21(18,19)16-4-5-20-14(2,3)9-16/h6-7,17H,4-5,8-9H2,1-3H3. The fraction of sp³-hybridized carbons (Fsp3) is 0.571. The van der Waals surface area contributed by atoms with Gasteiger partial charge in [0, 0.05) is 18.1 Å². The van der Waals surface area contributed by atoms with Crippen LogP contribution in [0, 0.1) is 6.92 Å². The second-order valence-electron chi connectivity index (χ2n) is 5.79. The summed E-state index contributed by atoms with van der Waals surface area (Å²) < 4.78 is 32.7. The molecule has 2 rings (SSSR count). The average Bonchev–Trinajstić information content (AvgIpc) is 2.39. The number of hydrogen-bond donors (Lipinski definition) is 1. The molecule has 21 heavy (non-hydrogen) atoms. The van der Waals surface area contributed by atoms with E-state index >= 15 is 0 Å². The van der Waals surface area contributed by atoms with Crippen molar-refractivity contribution in [2.75, 3.05) is 19.7 Å². The monoisotopic (exact) mass is 333 g/mol. The molecule has 1 aliphatic rings. The molecular weight excluding hydrogens is 314 g/mol. The van der Waals surface area contributed by atoms with E-state index in [1.165, 1.54) is 10.4 Å². The van der Waals surface area contributed by atoms with Gasteiger partial charge in [-0.2, -0.15) is 4.31 Å². The fourth-order valence-corrected chi connectivity index (χ4v) is 4.63. The summed E-state index contributed by atoms with van der Waals surface area (Å²) in [7, 11) is -3.66. The fourth-order valence-electron chi connectivity index (χ4n) is 2.46. The van der Waals surface area contributed by atoms with Gasteiger partial charge in [0.25, 0.3) is 0 Å². The molecule has 1 aliphatic heterocycles. The number of rotatable bonds is 3. The van der Waals surface area contributed by atoms with Crippen LogP contribution in [-0.2, 0) is 21.4 Å². The number of halogens is 1. The molecule has 1 heterocycles. The minimum Gasteiger partial charge on any atom is -0.392 e. The Hall–Kier alpha value is -0.660. The van der Waals surface area contributed by atoms with Gasteiger partial charge in [-0.3, -0.25) is 0 Å². The van der Waals surface area contributed by atoms with Gasteiger partial charge in [-0.1, -0.05) is 11.6 Å². The third kappa shape index (κ3) is 3.40. The molecule has 0 saturated carbocycles. The van der Waals surface area contributed by atoms with Crippen molar-refractivity contribution in [2.45, 2.75) is 37.9 Å². The molecule has 1 saturated heterocycles. The summed E-state index contributed by atoms with van der Waals surface area (Å²) in [4.78, 5) is 0.150. The number of sulfonamides is 1. The first-order chi connectivity index (χ1) is 9.67. The Morgan fingerprint density at radius 2 is 2.10 bits per heavy atom. The number of hydrogen-bond acceptors (Lipinski definition) is 4. The molecule has 0 amide bonds. The van der Waals surface area contributed by atoms with Crippen LogP contribution >= 0.6 is 11.6 Å². The van der Waals surface area contributed by atoms with E-state index in [0.29, 0.717) is 29.3 Å². The lowest BCUT2D eigenvalue weighted by Gasteiger charge is -2.37. The van der Waals surface area contributed by atoms with Gasteiger partial charge in [0.15, 0.2) is 0 Å². The second kappa shape index (κ2) is 5.85. The summed E-state index contributed by atoms with van der Waals surface area (Å²) in [5, 5.41) is 9.64. The predicted octanol–water partition coefficient (Wildman–Crippen LogP) is 1.94. The van der Waals surface area contributed by atoms with Crippen molar-refractivity contribution in [1.29, 1.82) is 0 Å². The summed E-state index contributed by atoms with van der Waals surface area (Å²) >= 11 is 5.98. The third-order valence-electron chi connectivity index (χ3n) is 3.61. The van der Waals surface area contributed by atoms with Crippen molar-refractivity contribution in [1.82, 2.24) is 4.31 Å². The lowest BCUT2D eigenvalue weighted by atomic mass is 10.1. The van der Waals surface area contributed by atoms with Crippen LogP contribution in [0.25, 0.3) is 0 Å². The van der Waals surface area contributed by atoms with Crippen LogP contribution in [0.15, 0.2) is 17.0 Å². The maximum absolute atomic E-state index is 12.8. The van der Waals surface area contributed by atoms with E-state index in [0.717, 1.165) is 0 Å². The van der Waals surface area contributed by atoms with Gasteiger partial charge in [0.1, 0.15) is 0 Å². The van der Waals surface area contributed by atoms with Crippen molar-refractivity contribution in [2.24, 2.45) is 0 Å². The van der Waals surface area contributed by atoms with E-state index in [2.05, 4.69) is 0 Å². The molecular formula is C14H20ClNO4S. The summed E-state index contributed by atoms with van der Waals surface area (Å²) in [5.74, 6) is 0. The maximum atomic E-state index is 12.8. The van der Waals surface area contributed by atoms with E-state index in [4.69, 9.17) is 16.3 Å². The zero-order chi connectivity index (χ0) is 15.8. The van der Waals surface area contributed by atoms with Crippen LogP contribution in [-0.4, -0.2) is 43.1 Å². The molecule has 0 radical (unpaired) electrons.